The summed E-state index contributed by atoms with van der Waals surface area (Å²) in [5.74, 6) is 1.18. The maximum Gasteiger partial charge on any atom is 0.420 e. The Bertz CT molecular complexity index is 851. The predicted molar refractivity (Wildman–Crippen MR) is 110 cm³/mol. The number of anilines is 1. The molecular weight excluding hydrogens is 388 g/mol. The fraction of sp³-hybridized carbons (Fsp3) is 0.409. The molecule has 0 radical (unpaired) electrons. The number of rotatable bonds is 8. The lowest BCUT2D eigenvalue weighted by Gasteiger charge is -2.28. The molecule has 0 saturated carbocycles. The van der Waals surface area contributed by atoms with Crippen LogP contribution >= 0.6 is 0 Å². The number of aromatic hydroxyl groups is 1. The number of hydrogen-bond donors (Lipinski definition) is 1. The van der Waals surface area contributed by atoms with Crippen molar-refractivity contribution in [3.05, 3.63) is 48.0 Å². The van der Waals surface area contributed by atoms with Crippen LogP contribution in [0.4, 0.5) is 10.5 Å². The molecule has 2 aliphatic rings. The lowest BCUT2D eigenvalue weighted by molar-refractivity contribution is 0.0170. The number of morpholine rings is 1. The van der Waals surface area contributed by atoms with E-state index < -0.39 is 6.09 Å². The number of benzene rings is 2. The Kier molecular flexibility index (Phi) is 6.68. The van der Waals surface area contributed by atoms with Crippen LogP contribution in [0.3, 0.4) is 0 Å². The third kappa shape index (κ3) is 5.21. The maximum absolute atomic E-state index is 12.3. The van der Waals surface area contributed by atoms with Gasteiger partial charge in [0.05, 0.1) is 33.0 Å². The number of phenolic OH excluding ortho intramolecular Hbond substituents is 1. The van der Waals surface area contributed by atoms with Crippen molar-refractivity contribution in [3.63, 3.8) is 0 Å². The Hall–Kier alpha value is -2.81. The minimum atomic E-state index is -0.476. The van der Waals surface area contributed by atoms with Crippen LogP contribution in [0.2, 0.25) is 0 Å². The molecule has 0 atom stereocenters. The summed E-state index contributed by atoms with van der Waals surface area (Å²) >= 11 is 0. The highest BCUT2D eigenvalue weighted by atomic mass is 16.6. The van der Waals surface area contributed by atoms with Gasteiger partial charge in [-0.3, -0.25) is 9.80 Å². The molecule has 2 aliphatic heterocycles. The molecule has 1 fully saturated rings. The molecule has 2 aromatic rings. The van der Waals surface area contributed by atoms with Crippen molar-refractivity contribution in [2.75, 3.05) is 57.6 Å². The summed E-state index contributed by atoms with van der Waals surface area (Å²) in [6, 6.07) is 12.1. The molecule has 1 amide bonds. The summed E-state index contributed by atoms with van der Waals surface area (Å²) in [5.41, 5.74) is 1.55. The van der Waals surface area contributed by atoms with Gasteiger partial charge in [0.1, 0.15) is 23.9 Å². The summed E-state index contributed by atoms with van der Waals surface area (Å²) in [6.07, 6.45) is -0.476. The molecule has 0 unspecified atom stereocenters. The van der Waals surface area contributed by atoms with Gasteiger partial charge in [0, 0.05) is 37.0 Å². The molecule has 2 aromatic carbocycles. The number of carbonyl (C=O) groups is 1. The van der Waals surface area contributed by atoms with E-state index in [9.17, 15) is 9.90 Å². The van der Waals surface area contributed by atoms with Crippen LogP contribution in [0.1, 0.15) is 5.56 Å². The summed E-state index contributed by atoms with van der Waals surface area (Å²) in [5, 5.41) is 9.53. The topological polar surface area (TPSA) is 80.7 Å². The van der Waals surface area contributed by atoms with Crippen molar-refractivity contribution >= 4 is 11.8 Å². The first-order valence-corrected chi connectivity index (χ1v) is 10.1. The van der Waals surface area contributed by atoms with Crippen molar-refractivity contribution in [1.29, 1.82) is 0 Å². The maximum atomic E-state index is 12.3. The van der Waals surface area contributed by atoms with Crippen LogP contribution in [0.5, 0.6) is 17.2 Å². The molecule has 0 aromatic heterocycles. The molecule has 0 spiro atoms. The third-order valence-corrected chi connectivity index (χ3v) is 5.10. The third-order valence-electron chi connectivity index (χ3n) is 5.10. The lowest BCUT2D eigenvalue weighted by atomic mass is 10.1. The quantitative estimate of drug-likeness (QED) is 0.665. The molecular formula is C22H26N2O6. The summed E-state index contributed by atoms with van der Waals surface area (Å²) < 4.78 is 22.0. The minimum Gasteiger partial charge on any atom is -0.508 e. The fourth-order valence-corrected chi connectivity index (χ4v) is 3.41. The first kappa shape index (κ1) is 20.5. The highest BCUT2D eigenvalue weighted by Gasteiger charge is 2.26. The molecule has 4 rings (SSSR count). The number of hydrogen-bond acceptors (Lipinski definition) is 7. The number of fused-ring (bicyclic) bond motifs is 1. The van der Waals surface area contributed by atoms with E-state index >= 15 is 0 Å². The molecule has 2 heterocycles. The smallest absolute Gasteiger partial charge is 0.420 e. The van der Waals surface area contributed by atoms with E-state index in [0.29, 0.717) is 43.6 Å². The predicted octanol–water partition coefficient (Wildman–Crippen LogP) is 2.64. The zero-order valence-electron chi connectivity index (χ0n) is 16.8. The normalized spacial score (nSPS) is 16.8. The first-order chi connectivity index (χ1) is 14.7. The molecule has 0 bridgehead atoms. The second-order valence-electron chi connectivity index (χ2n) is 7.15. The van der Waals surface area contributed by atoms with Crippen molar-refractivity contribution in [1.82, 2.24) is 4.90 Å². The Morgan fingerprint density at radius 2 is 1.80 bits per heavy atom. The van der Waals surface area contributed by atoms with Gasteiger partial charge in [0.2, 0.25) is 0 Å². The lowest BCUT2D eigenvalue weighted by Crippen LogP contribution is -2.38. The Morgan fingerprint density at radius 3 is 2.60 bits per heavy atom. The van der Waals surface area contributed by atoms with Gasteiger partial charge in [-0.25, -0.2) is 4.79 Å². The van der Waals surface area contributed by atoms with Gasteiger partial charge in [-0.1, -0.05) is 0 Å². The van der Waals surface area contributed by atoms with Gasteiger partial charge in [0.25, 0.3) is 0 Å². The largest absolute Gasteiger partial charge is 0.508 e. The van der Waals surface area contributed by atoms with Gasteiger partial charge in [-0.05, 0) is 36.4 Å². The van der Waals surface area contributed by atoms with Crippen molar-refractivity contribution in [3.8, 4) is 17.2 Å². The minimum absolute atomic E-state index is 0.0709. The van der Waals surface area contributed by atoms with Crippen LogP contribution in [-0.2, 0) is 16.0 Å². The summed E-state index contributed by atoms with van der Waals surface area (Å²) in [6.45, 7) is 6.47. The fourth-order valence-electron chi connectivity index (χ4n) is 3.41. The monoisotopic (exact) mass is 414 g/mol. The van der Waals surface area contributed by atoms with Crippen molar-refractivity contribution in [2.45, 2.75) is 6.54 Å². The average Bonchev–Trinajstić information content (AvgIpc) is 2.77. The van der Waals surface area contributed by atoms with E-state index in [2.05, 4.69) is 4.90 Å². The van der Waals surface area contributed by atoms with Crippen LogP contribution < -0.4 is 14.4 Å². The Labute approximate surface area is 175 Å². The zero-order valence-corrected chi connectivity index (χ0v) is 16.8. The second-order valence-corrected chi connectivity index (χ2v) is 7.15. The second kappa shape index (κ2) is 9.80. The van der Waals surface area contributed by atoms with E-state index in [4.69, 9.17) is 18.9 Å². The van der Waals surface area contributed by atoms with Gasteiger partial charge in [0.15, 0.2) is 0 Å². The molecule has 30 heavy (non-hydrogen) atoms. The van der Waals surface area contributed by atoms with Crippen LogP contribution in [-0.4, -0.2) is 68.8 Å². The van der Waals surface area contributed by atoms with E-state index in [1.54, 1.807) is 12.1 Å². The van der Waals surface area contributed by atoms with E-state index in [1.165, 1.54) is 11.0 Å². The van der Waals surface area contributed by atoms with Gasteiger partial charge < -0.3 is 24.1 Å². The molecule has 0 aliphatic carbocycles. The van der Waals surface area contributed by atoms with Gasteiger partial charge in [-0.2, -0.15) is 0 Å². The van der Waals surface area contributed by atoms with Crippen LogP contribution in [0.15, 0.2) is 42.5 Å². The number of carbonyl (C=O) groups excluding carboxylic acids is 1. The average molecular weight is 414 g/mol. The van der Waals surface area contributed by atoms with E-state index in [-0.39, 0.29) is 5.75 Å². The number of phenols is 1. The Morgan fingerprint density at radius 1 is 1.00 bits per heavy atom. The SMILES string of the molecule is O=C1Oc2cc(O)ccc2CN1c1ccc(OCCOCCN2CCOCC2)cc1. The Balaban J connectivity index is 1.21. The zero-order chi connectivity index (χ0) is 20.8. The van der Waals surface area contributed by atoms with E-state index in [0.717, 1.165) is 38.4 Å². The summed E-state index contributed by atoms with van der Waals surface area (Å²) in [4.78, 5) is 16.2. The number of nitrogens with zero attached hydrogens (tertiary/aromatic N) is 2. The molecule has 8 nitrogen and oxygen atoms in total. The highest BCUT2D eigenvalue weighted by molar-refractivity contribution is 5.91. The van der Waals surface area contributed by atoms with Crippen LogP contribution in [0, 0.1) is 0 Å². The summed E-state index contributed by atoms with van der Waals surface area (Å²) in [7, 11) is 0. The van der Waals surface area contributed by atoms with Gasteiger partial charge >= 0.3 is 6.09 Å². The highest BCUT2D eigenvalue weighted by Crippen LogP contribution is 2.32. The number of amides is 1. The first-order valence-electron chi connectivity index (χ1n) is 10.1. The van der Waals surface area contributed by atoms with Gasteiger partial charge in [-0.15, -0.1) is 0 Å². The molecule has 8 heteroatoms. The molecule has 1 N–H and O–H groups in total. The van der Waals surface area contributed by atoms with Crippen LogP contribution in [0.25, 0.3) is 0 Å². The standard InChI is InChI=1S/C22H26N2O6/c25-19-4-1-17-16-24(22(26)30-21(17)15-19)18-2-5-20(6-3-18)29-14-13-28-12-9-23-7-10-27-11-8-23/h1-6,15,25H,7-14,16H2. The van der Waals surface area contributed by atoms with Crippen molar-refractivity contribution < 1.29 is 28.8 Å². The molecule has 1 saturated heterocycles. The molecule has 160 valence electrons. The van der Waals surface area contributed by atoms with Crippen molar-refractivity contribution in [2.24, 2.45) is 0 Å². The van der Waals surface area contributed by atoms with E-state index in [1.807, 2.05) is 24.3 Å². The number of ether oxygens (including phenoxy) is 4.